The summed E-state index contributed by atoms with van der Waals surface area (Å²) in [4.78, 5) is 23.4. The van der Waals surface area contributed by atoms with Crippen LogP contribution in [0.15, 0.2) is 52.9 Å². The summed E-state index contributed by atoms with van der Waals surface area (Å²) in [7, 11) is 0. The molecule has 1 unspecified atom stereocenters. The van der Waals surface area contributed by atoms with Gasteiger partial charge in [0, 0.05) is 11.8 Å². The zero-order valence-electron chi connectivity index (χ0n) is 14.0. The summed E-state index contributed by atoms with van der Waals surface area (Å²) in [6, 6.07) is 13.4. The number of hydrogen-bond donors (Lipinski definition) is 1. The van der Waals surface area contributed by atoms with Crippen molar-refractivity contribution >= 4 is 52.0 Å². The van der Waals surface area contributed by atoms with Gasteiger partial charge in [0.15, 0.2) is 4.34 Å². The monoisotopic (exact) mass is 420 g/mol. The van der Waals surface area contributed by atoms with Gasteiger partial charge in [0.25, 0.3) is 5.69 Å². The number of aromatic nitrogens is 2. The number of hydrogen-bond acceptors (Lipinski definition) is 7. The molecular formula is C17H13ClN4O3S2. The summed E-state index contributed by atoms with van der Waals surface area (Å²) in [5.41, 5.74) is 0.820. The Hall–Kier alpha value is -2.49. The van der Waals surface area contributed by atoms with Gasteiger partial charge in [-0.15, -0.1) is 10.2 Å². The van der Waals surface area contributed by atoms with Crippen molar-refractivity contribution in [2.75, 3.05) is 5.32 Å². The second-order valence-electron chi connectivity index (χ2n) is 5.41. The lowest BCUT2D eigenvalue weighted by atomic mass is 10.1. The van der Waals surface area contributed by atoms with Crippen LogP contribution >= 0.6 is 34.7 Å². The lowest BCUT2D eigenvalue weighted by Gasteiger charge is -2.15. The fourth-order valence-electron chi connectivity index (χ4n) is 2.27. The number of carbonyl (C=O) groups excluding carboxylic acids is 1. The van der Waals surface area contributed by atoms with Gasteiger partial charge in [0.2, 0.25) is 5.91 Å². The van der Waals surface area contributed by atoms with Crippen molar-refractivity contribution in [3.63, 3.8) is 0 Å². The van der Waals surface area contributed by atoms with E-state index in [-0.39, 0.29) is 16.6 Å². The van der Waals surface area contributed by atoms with Crippen molar-refractivity contribution in [3.8, 4) is 0 Å². The molecule has 10 heteroatoms. The number of anilines is 1. The Morgan fingerprint density at radius 3 is 2.63 bits per heavy atom. The number of aryl methyl sites for hydroxylation is 1. The molecule has 2 aromatic carbocycles. The van der Waals surface area contributed by atoms with E-state index in [1.807, 2.05) is 37.3 Å². The van der Waals surface area contributed by atoms with Crippen LogP contribution in [0.2, 0.25) is 5.02 Å². The summed E-state index contributed by atoms with van der Waals surface area (Å²) >= 11 is 8.50. The summed E-state index contributed by atoms with van der Waals surface area (Å²) in [5, 5.41) is 22.0. The zero-order chi connectivity index (χ0) is 19.4. The molecule has 138 valence electrons. The topological polar surface area (TPSA) is 98.0 Å². The maximum atomic E-state index is 12.9. The SMILES string of the molecule is Cc1nnc(SC(C(=O)Nc2ccc(Cl)c([N+](=O)[O-])c2)c2ccccc2)s1. The Kier molecular flexibility index (Phi) is 6.04. The van der Waals surface area contributed by atoms with Crippen molar-refractivity contribution in [1.82, 2.24) is 10.2 Å². The van der Waals surface area contributed by atoms with Gasteiger partial charge in [-0.05, 0) is 24.6 Å². The van der Waals surface area contributed by atoms with Gasteiger partial charge in [-0.3, -0.25) is 14.9 Å². The number of rotatable bonds is 6. The van der Waals surface area contributed by atoms with Crippen LogP contribution < -0.4 is 5.32 Å². The zero-order valence-corrected chi connectivity index (χ0v) is 16.3. The molecule has 0 radical (unpaired) electrons. The van der Waals surface area contributed by atoms with Crippen LogP contribution in [0.5, 0.6) is 0 Å². The largest absolute Gasteiger partial charge is 0.325 e. The van der Waals surface area contributed by atoms with E-state index in [0.29, 0.717) is 10.0 Å². The quantitative estimate of drug-likeness (QED) is 0.346. The molecule has 3 aromatic rings. The van der Waals surface area contributed by atoms with E-state index in [2.05, 4.69) is 15.5 Å². The molecule has 0 aliphatic carbocycles. The number of halogens is 1. The van der Waals surface area contributed by atoms with Crippen LogP contribution in [0.1, 0.15) is 15.8 Å². The van der Waals surface area contributed by atoms with E-state index in [9.17, 15) is 14.9 Å². The molecule has 0 saturated heterocycles. The van der Waals surface area contributed by atoms with Crippen LogP contribution in [-0.4, -0.2) is 21.0 Å². The number of carbonyl (C=O) groups is 1. The van der Waals surface area contributed by atoms with Gasteiger partial charge in [0.05, 0.1) is 4.92 Å². The minimum absolute atomic E-state index is 0.0105. The first-order valence-electron chi connectivity index (χ1n) is 7.70. The van der Waals surface area contributed by atoms with Crippen LogP contribution in [0.4, 0.5) is 11.4 Å². The molecule has 0 bridgehead atoms. The predicted octanol–water partition coefficient (Wildman–Crippen LogP) is 4.88. The molecule has 0 fully saturated rings. The third-order valence-corrected chi connectivity index (χ3v) is 5.97. The van der Waals surface area contributed by atoms with Crippen molar-refractivity contribution in [1.29, 1.82) is 0 Å². The number of nitrogens with zero attached hydrogens (tertiary/aromatic N) is 3. The Morgan fingerprint density at radius 1 is 1.26 bits per heavy atom. The third-order valence-electron chi connectivity index (χ3n) is 3.48. The molecule has 1 amide bonds. The van der Waals surface area contributed by atoms with Crippen LogP contribution in [0, 0.1) is 17.0 Å². The molecule has 1 atom stereocenters. The van der Waals surface area contributed by atoms with E-state index >= 15 is 0 Å². The lowest BCUT2D eigenvalue weighted by molar-refractivity contribution is -0.384. The second-order valence-corrected chi connectivity index (χ2v) is 8.35. The molecule has 0 aliphatic rings. The Bertz CT molecular complexity index is 981. The van der Waals surface area contributed by atoms with Crippen LogP contribution in [0.3, 0.4) is 0 Å². The average Bonchev–Trinajstić information content (AvgIpc) is 3.06. The molecule has 1 aromatic heterocycles. The molecule has 0 spiro atoms. The summed E-state index contributed by atoms with van der Waals surface area (Å²) in [6.07, 6.45) is 0. The van der Waals surface area contributed by atoms with Gasteiger partial charge in [-0.1, -0.05) is 65.0 Å². The minimum Gasteiger partial charge on any atom is -0.325 e. The van der Waals surface area contributed by atoms with Gasteiger partial charge >= 0.3 is 0 Å². The number of nitro groups is 1. The number of amides is 1. The Labute approximate surface area is 167 Å². The second kappa shape index (κ2) is 8.47. The van der Waals surface area contributed by atoms with E-state index < -0.39 is 10.2 Å². The summed E-state index contributed by atoms with van der Waals surface area (Å²) < 4.78 is 0.665. The van der Waals surface area contributed by atoms with Gasteiger partial charge < -0.3 is 5.32 Å². The van der Waals surface area contributed by atoms with E-state index in [4.69, 9.17) is 11.6 Å². The van der Waals surface area contributed by atoms with Gasteiger partial charge in [0.1, 0.15) is 15.3 Å². The van der Waals surface area contributed by atoms with E-state index in [1.54, 1.807) is 0 Å². The van der Waals surface area contributed by atoms with Crippen LogP contribution in [-0.2, 0) is 4.79 Å². The molecule has 0 saturated carbocycles. The number of nitro benzene ring substituents is 1. The Balaban J connectivity index is 1.87. The highest BCUT2D eigenvalue weighted by molar-refractivity contribution is 8.01. The van der Waals surface area contributed by atoms with Gasteiger partial charge in [-0.2, -0.15) is 0 Å². The van der Waals surface area contributed by atoms with Crippen molar-refractivity contribution < 1.29 is 9.72 Å². The highest BCUT2D eigenvalue weighted by Gasteiger charge is 2.24. The van der Waals surface area contributed by atoms with E-state index in [0.717, 1.165) is 10.6 Å². The fourth-order valence-corrected chi connectivity index (χ4v) is 4.46. The molecule has 1 N–H and O–H groups in total. The minimum atomic E-state index is -0.592. The number of thioether (sulfide) groups is 1. The molecule has 3 rings (SSSR count). The Morgan fingerprint density at radius 2 is 2.00 bits per heavy atom. The smallest absolute Gasteiger partial charge is 0.289 e. The lowest BCUT2D eigenvalue weighted by Crippen LogP contribution is -2.19. The first-order chi connectivity index (χ1) is 12.9. The molecule has 1 heterocycles. The normalized spacial score (nSPS) is 11.8. The van der Waals surface area contributed by atoms with Crippen LogP contribution in [0.25, 0.3) is 0 Å². The molecule has 7 nitrogen and oxygen atoms in total. The van der Waals surface area contributed by atoms with Crippen molar-refractivity contribution in [2.24, 2.45) is 0 Å². The molecular weight excluding hydrogens is 408 g/mol. The maximum Gasteiger partial charge on any atom is 0.289 e. The number of benzene rings is 2. The highest BCUT2D eigenvalue weighted by atomic mass is 35.5. The predicted molar refractivity (Wildman–Crippen MR) is 106 cm³/mol. The van der Waals surface area contributed by atoms with Gasteiger partial charge in [-0.25, -0.2) is 0 Å². The first-order valence-corrected chi connectivity index (χ1v) is 9.78. The fraction of sp³-hybridized carbons (Fsp3) is 0.118. The first kappa shape index (κ1) is 19.3. The van der Waals surface area contributed by atoms with Crippen molar-refractivity contribution in [2.45, 2.75) is 16.5 Å². The van der Waals surface area contributed by atoms with E-state index in [1.165, 1.54) is 41.3 Å². The standard InChI is InChI=1S/C17H13ClN4O3S2/c1-10-20-21-17(26-10)27-15(11-5-3-2-4-6-11)16(23)19-12-7-8-13(18)14(9-12)22(24)25/h2-9,15H,1H3,(H,19,23). The third kappa shape index (κ3) is 4.82. The number of nitrogens with one attached hydrogen (secondary N) is 1. The summed E-state index contributed by atoms with van der Waals surface area (Å²) in [5.74, 6) is -0.323. The highest BCUT2D eigenvalue weighted by Crippen LogP contribution is 2.38. The molecule has 0 aliphatic heterocycles. The van der Waals surface area contributed by atoms with Crippen molar-refractivity contribution in [3.05, 3.63) is 74.2 Å². The average molecular weight is 421 g/mol. The summed E-state index contributed by atoms with van der Waals surface area (Å²) in [6.45, 7) is 1.84. The molecule has 27 heavy (non-hydrogen) atoms. The maximum absolute atomic E-state index is 12.9.